The first kappa shape index (κ1) is 31.7. The fourth-order valence-electron chi connectivity index (χ4n) is 5.29. The summed E-state index contributed by atoms with van der Waals surface area (Å²) in [6.07, 6.45) is 0.317. The minimum atomic E-state index is -0.869. The van der Waals surface area contributed by atoms with Crippen molar-refractivity contribution in [2.75, 3.05) is 18.5 Å². The summed E-state index contributed by atoms with van der Waals surface area (Å²) in [6.45, 7) is 5.92. The number of carbonyl (C=O) groups is 3. The number of rotatable bonds is 11. The number of benzene rings is 3. The molecule has 0 saturated carbocycles. The second-order valence-electron chi connectivity index (χ2n) is 11.8. The zero-order chi connectivity index (χ0) is 31.8. The predicted octanol–water partition coefficient (Wildman–Crippen LogP) is 7.35. The molecule has 1 heterocycles. The number of unbranched alkanes of at least 4 members (excludes halogenated alkanes) is 1. The van der Waals surface area contributed by atoms with Crippen LogP contribution in [0.4, 0.5) is 14.7 Å². The van der Waals surface area contributed by atoms with Crippen LogP contribution in [0.15, 0.2) is 84.2 Å². The van der Waals surface area contributed by atoms with Crippen molar-refractivity contribution in [2.45, 2.75) is 57.6 Å². The predicted molar refractivity (Wildman–Crippen MR) is 176 cm³/mol. The van der Waals surface area contributed by atoms with Crippen molar-refractivity contribution >= 4 is 34.6 Å². The summed E-state index contributed by atoms with van der Waals surface area (Å²) in [5, 5.41) is 10.7. The zero-order valence-corrected chi connectivity index (χ0v) is 26.5. The number of ether oxygens (including phenoxy) is 2. The van der Waals surface area contributed by atoms with Crippen molar-refractivity contribution in [1.29, 1.82) is 0 Å². The van der Waals surface area contributed by atoms with Crippen LogP contribution in [0.3, 0.4) is 0 Å². The molecule has 0 radical (unpaired) electrons. The normalized spacial score (nSPS) is 12.9. The Morgan fingerprint density at radius 1 is 0.867 bits per heavy atom. The lowest BCUT2D eigenvalue weighted by molar-refractivity contribution is -0.118. The lowest BCUT2D eigenvalue weighted by atomic mass is 9.98. The summed E-state index contributed by atoms with van der Waals surface area (Å²) in [5.74, 6) is -0.487. The summed E-state index contributed by atoms with van der Waals surface area (Å²) in [7, 11) is 0. The number of nitrogens with one attached hydrogen (secondary N) is 3. The van der Waals surface area contributed by atoms with Crippen LogP contribution in [0.2, 0.25) is 0 Å². The third-order valence-electron chi connectivity index (χ3n) is 7.34. The molecule has 10 heteroatoms. The maximum Gasteiger partial charge on any atom is 0.407 e. The highest BCUT2D eigenvalue weighted by Crippen LogP contribution is 2.44. The van der Waals surface area contributed by atoms with Gasteiger partial charge in [0, 0.05) is 23.4 Å². The average Bonchev–Trinajstić information content (AvgIpc) is 3.61. The third-order valence-corrected chi connectivity index (χ3v) is 8.10. The lowest BCUT2D eigenvalue weighted by Crippen LogP contribution is -2.44. The second-order valence-corrected chi connectivity index (χ2v) is 12.7. The van der Waals surface area contributed by atoms with Crippen molar-refractivity contribution in [1.82, 2.24) is 15.6 Å². The molecule has 0 saturated heterocycles. The number of hydrogen-bond acceptors (Lipinski definition) is 7. The van der Waals surface area contributed by atoms with Crippen LogP contribution < -0.4 is 16.0 Å². The van der Waals surface area contributed by atoms with E-state index in [1.807, 2.05) is 60.0 Å². The van der Waals surface area contributed by atoms with E-state index in [2.05, 4.69) is 45.2 Å². The van der Waals surface area contributed by atoms with Gasteiger partial charge in [0.25, 0.3) is 0 Å². The molecule has 0 aliphatic heterocycles. The summed E-state index contributed by atoms with van der Waals surface area (Å²) in [5.41, 5.74) is 5.60. The van der Waals surface area contributed by atoms with E-state index in [4.69, 9.17) is 9.47 Å². The van der Waals surface area contributed by atoms with E-state index in [1.165, 1.54) is 11.3 Å². The Bertz CT molecular complexity index is 1590. The van der Waals surface area contributed by atoms with E-state index < -0.39 is 29.7 Å². The fourth-order valence-corrected chi connectivity index (χ4v) is 6.02. The van der Waals surface area contributed by atoms with Crippen molar-refractivity contribution < 1.29 is 23.9 Å². The number of hydrogen-bond donors (Lipinski definition) is 3. The summed E-state index contributed by atoms with van der Waals surface area (Å²) in [4.78, 5) is 43.0. The molecule has 1 unspecified atom stereocenters. The van der Waals surface area contributed by atoms with Gasteiger partial charge in [0.15, 0.2) is 5.13 Å². The van der Waals surface area contributed by atoms with E-state index in [9.17, 15) is 14.4 Å². The lowest BCUT2D eigenvalue weighted by Gasteiger charge is -2.20. The van der Waals surface area contributed by atoms with E-state index in [0.29, 0.717) is 30.9 Å². The SMILES string of the molecule is CC(C)(C)OC(=O)NCCCCC(NC(=O)OCC1c2ccccc2-c2ccccc21)C(=O)Nc1nc(-c2ccccc2)cs1. The molecule has 1 aliphatic rings. The van der Waals surface area contributed by atoms with Gasteiger partial charge in [0.05, 0.1) is 5.69 Å². The number of alkyl carbamates (subject to hydrolysis) is 2. The van der Waals surface area contributed by atoms with Gasteiger partial charge in [-0.3, -0.25) is 4.79 Å². The molecule has 3 amide bonds. The molecule has 9 nitrogen and oxygen atoms in total. The number of anilines is 1. The van der Waals surface area contributed by atoms with Crippen LogP contribution in [0.25, 0.3) is 22.4 Å². The van der Waals surface area contributed by atoms with Crippen LogP contribution >= 0.6 is 11.3 Å². The quantitative estimate of drug-likeness (QED) is 0.150. The van der Waals surface area contributed by atoms with Gasteiger partial charge < -0.3 is 25.4 Å². The third kappa shape index (κ3) is 8.48. The number of amides is 3. The molecule has 1 aliphatic carbocycles. The summed E-state index contributed by atoms with van der Waals surface area (Å²) >= 11 is 1.31. The Hall–Kier alpha value is -4.70. The standard InChI is InChI=1S/C35H38N4O5S/c1-35(2,3)44-33(41)36-20-12-11-19-29(31(40)39-32-37-30(22-45-32)23-13-5-4-6-14-23)38-34(42)43-21-28-26-17-9-7-15-24(26)25-16-8-10-18-27(25)28/h4-10,13-18,22,28-29H,11-12,19-21H2,1-3H3,(H,36,41)(H,38,42)(H,37,39,40). The van der Waals surface area contributed by atoms with E-state index in [0.717, 1.165) is 33.5 Å². The van der Waals surface area contributed by atoms with Crippen molar-refractivity contribution in [3.05, 3.63) is 95.4 Å². The first-order valence-corrected chi connectivity index (χ1v) is 16.0. The molecule has 45 heavy (non-hydrogen) atoms. The van der Waals surface area contributed by atoms with Gasteiger partial charge in [-0.15, -0.1) is 11.3 Å². The van der Waals surface area contributed by atoms with Gasteiger partial charge in [-0.2, -0.15) is 0 Å². The number of thiazole rings is 1. The van der Waals surface area contributed by atoms with E-state index in [-0.39, 0.29) is 12.5 Å². The van der Waals surface area contributed by atoms with Gasteiger partial charge in [-0.1, -0.05) is 78.9 Å². The minimum Gasteiger partial charge on any atom is -0.449 e. The average molecular weight is 627 g/mol. The maximum atomic E-state index is 13.4. The highest BCUT2D eigenvalue weighted by Gasteiger charge is 2.30. The molecule has 3 N–H and O–H groups in total. The van der Waals surface area contributed by atoms with E-state index >= 15 is 0 Å². The van der Waals surface area contributed by atoms with Gasteiger partial charge in [-0.25, -0.2) is 14.6 Å². The van der Waals surface area contributed by atoms with Gasteiger partial charge in [-0.05, 0) is 62.3 Å². The topological polar surface area (TPSA) is 119 Å². The van der Waals surface area contributed by atoms with Gasteiger partial charge in [0.2, 0.25) is 5.91 Å². The van der Waals surface area contributed by atoms with Crippen molar-refractivity contribution in [2.24, 2.45) is 0 Å². The number of nitrogens with zero attached hydrogens (tertiary/aromatic N) is 1. The fraction of sp³-hybridized carbons (Fsp3) is 0.314. The van der Waals surface area contributed by atoms with Crippen LogP contribution in [-0.4, -0.2) is 47.9 Å². The molecule has 0 fully saturated rings. The zero-order valence-electron chi connectivity index (χ0n) is 25.7. The first-order chi connectivity index (χ1) is 21.7. The number of carbonyl (C=O) groups excluding carboxylic acids is 3. The molecule has 234 valence electrons. The highest BCUT2D eigenvalue weighted by atomic mass is 32.1. The molecular weight excluding hydrogens is 588 g/mol. The Morgan fingerprint density at radius 3 is 2.18 bits per heavy atom. The van der Waals surface area contributed by atoms with Crippen LogP contribution in [0.5, 0.6) is 0 Å². The molecule has 1 atom stereocenters. The Morgan fingerprint density at radius 2 is 1.51 bits per heavy atom. The molecule has 3 aromatic carbocycles. The van der Waals surface area contributed by atoms with Crippen LogP contribution in [-0.2, 0) is 14.3 Å². The van der Waals surface area contributed by atoms with E-state index in [1.54, 1.807) is 20.8 Å². The number of fused-ring (bicyclic) bond motifs is 3. The monoisotopic (exact) mass is 626 g/mol. The van der Waals surface area contributed by atoms with Crippen molar-refractivity contribution in [3.63, 3.8) is 0 Å². The molecule has 0 bridgehead atoms. The molecule has 4 aromatic rings. The summed E-state index contributed by atoms with van der Waals surface area (Å²) < 4.78 is 11.0. The Balaban J connectivity index is 1.20. The smallest absolute Gasteiger partial charge is 0.407 e. The molecular formula is C35H38N4O5S. The molecule has 1 aromatic heterocycles. The van der Waals surface area contributed by atoms with Crippen LogP contribution in [0.1, 0.15) is 57.1 Å². The van der Waals surface area contributed by atoms with Gasteiger partial charge >= 0.3 is 12.2 Å². The van der Waals surface area contributed by atoms with Gasteiger partial charge in [0.1, 0.15) is 18.2 Å². The van der Waals surface area contributed by atoms with Crippen molar-refractivity contribution in [3.8, 4) is 22.4 Å². The highest BCUT2D eigenvalue weighted by molar-refractivity contribution is 7.14. The molecule has 5 rings (SSSR count). The molecule has 0 spiro atoms. The Labute approximate surface area is 267 Å². The Kier molecular flexibility index (Phi) is 10.1. The first-order valence-electron chi connectivity index (χ1n) is 15.1. The maximum absolute atomic E-state index is 13.4. The largest absolute Gasteiger partial charge is 0.449 e. The number of aromatic nitrogens is 1. The van der Waals surface area contributed by atoms with Crippen LogP contribution in [0, 0.1) is 0 Å². The summed E-state index contributed by atoms with van der Waals surface area (Å²) in [6, 6.07) is 25.1. The minimum absolute atomic E-state index is 0.0962. The second kappa shape index (κ2) is 14.4.